The van der Waals surface area contributed by atoms with Crippen molar-refractivity contribution in [3.63, 3.8) is 0 Å². The van der Waals surface area contributed by atoms with Gasteiger partial charge in [-0.3, -0.25) is 0 Å². The maximum Gasteiger partial charge on any atom is 0.132 e. The SMILES string of the molecule is COc1cccc(-c2cnn3c2NCCC3)c1. The number of hydrogen-bond acceptors (Lipinski definition) is 3. The Balaban J connectivity index is 2.05. The summed E-state index contributed by atoms with van der Waals surface area (Å²) in [5.41, 5.74) is 2.28. The summed E-state index contributed by atoms with van der Waals surface area (Å²) in [6.07, 6.45) is 3.05. The zero-order valence-electron chi connectivity index (χ0n) is 9.81. The van der Waals surface area contributed by atoms with E-state index in [-0.39, 0.29) is 0 Å². The van der Waals surface area contributed by atoms with Crippen LogP contribution in [0.2, 0.25) is 0 Å². The molecule has 0 spiro atoms. The number of aryl methyl sites for hydroxylation is 1. The number of fused-ring (bicyclic) bond motifs is 1. The van der Waals surface area contributed by atoms with Gasteiger partial charge in [0, 0.05) is 18.7 Å². The van der Waals surface area contributed by atoms with Crippen LogP contribution in [0.25, 0.3) is 11.1 Å². The van der Waals surface area contributed by atoms with Crippen molar-refractivity contribution in [2.75, 3.05) is 19.0 Å². The van der Waals surface area contributed by atoms with Crippen LogP contribution in [0.5, 0.6) is 5.75 Å². The number of anilines is 1. The standard InChI is InChI=1S/C13H15N3O/c1-17-11-5-2-4-10(8-11)12-9-15-16-7-3-6-14-13(12)16/h2,4-5,8-9,14H,3,6-7H2,1H3. The zero-order chi connectivity index (χ0) is 11.7. The van der Waals surface area contributed by atoms with Gasteiger partial charge in [0.1, 0.15) is 11.6 Å². The van der Waals surface area contributed by atoms with E-state index in [2.05, 4.69) is 16.5 Å². The van der Waals surface area contributed by atoms with Crippen LogP contribution in [0.15, 0.2) is 30.5 Å². The molecular formula is C13H15N3O. The molecule has 1 aliphatic heterocycles. The van der Waals surface area contributed by atoms with E-state index in [9.17, 15) is 0 Å². The second-order valence-electron chi connectivity index (χ2n) is 4.14. The highest BCUT2D eigenvalue weighted by Crippen LogP contribution is 2.31. The van der Waals surface area contributed by atoms with Gasteiger partial charge in [-0.25, -0.2) is 4.68 Å². The fraction of sp³-hybridized carbons (Fsp3) is 0.308. The van der Waals surface area contributed by atoms with Gasteiger partial charge < -0.3 is 10.1 Å². The number of benzene rings is 1. The van der Waals surface area contributed by atoms with Crippen LogP contribution in [-0.4, -0.2) is 23.4 Å². The summed E-state index contributed by atoms with van der Waals surface area (Å²) in [6, 6.07) is 8.07. The van der Waals surface area contributed by atoms with E-state index in [0.29, 0.717) is 0 Å². The number of aromatic nitrogens is 2. The molecule has 0 amide bonds. The lowest BCUT2D eigenvalue weighted by Crippen LogP contribution is -2.17. The molecule has 4 nitrogen and oxygen atoms in total. The van der Waals surface area contributed by atoms with Crippen LogP contribution in [0, 0.1) is 0 Å². The van der Waals surface area contributed by atoms with Crippen molar-refractivity contribution in [1.29, 1.82) is 0 Å². The third kappa shape index (κ3) is 1.75. The Hall–Kier alpha value is -1.97. The molecule has 88 valence electrons. The lowest BCUT2D eigenvalue weighted by atomic mass is 10.1. The number of nitrogens with zero attached hydrogens (tertiary/aromatic N) is 2. The molecule has 2 aromatic rings. The predicted octanol–water partition coefficient (Wildman–Crippen LogP) is 2.37. The van der Waals surface area contributed by atoms with Gasteiger partial charge in [0.15, 0.2) is 0 Å². The van der Waals surface area contributed by atoms with Crippen molar-refractivity contribution in [1.82, 2.24) is 9.78 Å². The first-order valence-electron chi connectivity index (χ1n) is 5.82. The minimum atomic E-state index is 0.873. The summed E-state index contributed by atoms with van der Waals surface area (Å²) >= 11 is 0. The first kappa shape index (κ1) is 10.2. The number of rotatable bonds is 2. The molecule has 0 atom stereocenters. The third-order valence-electron chi connectivity index (χ3n) is 3.06. The van der Waals surface area contributed by atoms with Crippen LogP contribution in [-0.2, 0) is 6.54 Å². The topological polar surface area (TPSA) is 39.1 Å². The van der Waals surface area contributed by atoms with E-state index in [1.165, 1.54) is 0 Å². The Labute approximate surface area is 100 Å². The molecule has 17 heavy (non-hydrogen) atoms. The number of methoxy groups -OCH3 is 1. The number of nitrogens with one attached hydrogen (secondary N) is 1. The Morgan fingerprint density at radius 2 is 2.35 bits per heavy atom. The van der Waals surface area contributed by atoms with Crippen molar-refractivity contribution >= 4 is 5.82 Å². The summed E-state index contributed by atoms with van der Waals surface area (Å²) in [4.78, 5) is 0. The van der Waals surface area contributed by atoms with Gasteiger partial charge in [-0.1, -0.05) is 12.1 Å². The molecule has 0 aliphatic carbocycles. The van der Waals surface area contributed by atoms with E-state index in [4.69, 9.17) is 4.74 Å². The fourth-order valence-corrected chi connectivity index (χ4v) is 2.18. The van der Waals surface area contributed by atoms with Crippen molar-refractivity contribution < 1.29 is 4.74 Å². The maximum atomic E-state index is 5.25. The van der Waals surface area contributed by atoms with Gasteiger partial charge in [-0.2, -0.15) is 5.10 Å². The van der Waals surface area contributed by atoms with Gasteiger partial charge in [0.05, 0.1) is 13.3 Å². The second-order valence-corrected chi connectivity index (χ2v) is 4.14. The quantitative estimate of drug-likeness (QED) is 0.859. The summed E-state index contributed by atoms with van der Waals surface area (Å²) in [5.74, 6) is 1.99. The highest BCUT2D eigenvalue weighted by Gasteiger charge is 2.15. The second kappa shape index (κ2) is 4.13. The minimum Gasteiger partial charge on any atom is -0.497 e. The smallest absolute Gasteiger partial charge is 0.132 e. The average molecular weight is 229 g/mol. The zero-order valence-corrected chi connectivity index (χ0v) is 9.81. The molecule has 0 unspecified atom stereocenters. The monoisotopic (exact) mass is 229 g/mol. The maximum absolute atomic E-state index is 5.25. The lowest BCUT2D eigenvalue weighted by Gasteiger charge is -2.17. The van der Waals surface area contributed by atoms with Gasteiger partial charge in [0.25, 0.3) is 0 Å². The summed E-state index contributed by atoms with van der Waals surface area (Å²) in [5, 5.41) is 7.81. The van der Waals surface area contributed by atoms with E-state index in [1.807, 2.05) is 29.1 Å². The van der Waals surface area contributed by atoms with Gasteiger partial charge >= 0.3 is 0 Å². The molecule has 1 aliphatic rings. The van der Waals surface area contributed by atoms with Gasteiger partial charge in [0.2, 0.25) is 0 Å². The Kier molecular flexibility index (Phi) is 2.48. The van der Waals surface area contributed by atoms with Crippen LogP contribution < -0.4 is 10.1 Å². The van der Waals surface area contributed by atoms with E-state index in [1.54, 1.807) is 7.11 Å². The molecular weight excluding hydrogens is 214 g/mol. The van der Waals surface area contributed by atoms with Gasteiger partial charge in [-0.05, 0) is 24.1 Å². The van der Waals surface area contributed by atoms with Crippen LogP contribution in [0.4, 0.5) is 5.82 Å². The molecule has 3 rings (SSSR count). The molecule has 0 bridgehead atoms. The molecule has 1 aromatic heterocycles. The van der Waals surface area contributed by atoms with Gasteiger partial charge in [-0.15, -0.1) is 0 Å². The molecule has 0 fully saturated rings. The highest BCUT2D eigenvalue weighted by atomic mass is 16.5. The van der Waals surface area contributed by atoms with Crippen molar-refractivity contribution in [2.45, 2.75) is 13.0 Å². The molecule has 1 aromatic carbocycles. The molecule has 1 N–H and O–H groups in total. The number of hydrogen-bond donors (Lipinski definition) is 1. The normalized spacial score (nSPS) is 13.9. The predicted molar refractivity (Wildman–Crippen MR) is 67.3 cm³/mol. The first-order valence-corrected chi connectivity index (χ1v) is 5.82. The summed E-state index contributed by atoms with van der Waals surface area (Å²) < 4.78 is 7.28. The third-order valence-corrected chi connectivity index (χ3v) is 3.06. The fourth-order valence-electron chi connectivity index (χ4n) is 2.18. The molecule has 0 saturated carbocycles. The van der Waals surface area contributed by atoms with Crippen molar-refractivity contribution in [3.8, 4) is 16.9 Å². The molecule has 0 saturated heterocycles. The lowest BCUT2D eigenvalue weighted by molar-refractivity contribution is 0.415. The Morgan fingerprint density at radius 1 is 1.41 bits per heavy atom. The van der Waals surface area contributed by atoms with Crippen LogP contribution >= 0.6 is 0 Å². The largest absolute Gasteiger partial charge is 0.497 e. The number of ether oxygens (including phenoxy) is 1. The van der Waals surface area contributed by atoms with Crippen molar-refractivity contribution in [3.05, 3.63) is 30.5 Å². The van der Waals surface area contributed by atoms with E-state index < -0.39 is 0 Å². The molecule has 2 heterocycles. The molecule has 4 heteroatoms. The summed E-state index contributed by atoms with van der Waals surface area (Å²) in [6.45, 7) is 2.01. The summed E-state index contributed by atoms with van der Waals surface area (Å²) in [7, 11) is 1.69. The average Bonchev–Trinajstić information content (AvgIpc) is 2.82. The molecule has 0 radical (unpaired) electrons. The van der Waals surface area contributed by atoms with E-state index >= 15 is 0 Å². The highest BCUT2D eigenvalue weighted by molar-refractivity contribution is 5.76. The Morgan fingerprint density at radius 3 is 3.24 bits per heavy atom. The minimum absolute atomic E-state index is 0.873. The van der Waals surface area contributed by atoms with E-state index in [0.717, 1.165) is 42.2 Å². The first-order chi connectivity index (χ1) is 8.38. The Bertz CT molecular complexity index is 533. The van der Waals surface area contributed by atoms with Crippen LogP contribution in [0.3, 0.4) is 0 Å². The van der Waals surface area contributed by atoms with Crippen LogP contribution in [0.1, 0.15) is 6.42 Å². The van der Waals surface area contributed by atoms with Crippen molar-refractivity contribution in [2.24, 2.45) is 0 Å².